The summed E-state index contributed by atoms with van der Waals surface area (Å²) in [6.07, 6.45) is 8.27. The minimum atomic E-state index is -0.812. The molecular formula is C17H26O5. The molecule has 0 spiro atoms. The number of carbonyl (C=O) groups excluding carboxylic acids is 1. The number of carbonyl (C=O) groups is 1. The third-order valence-electron chi connectivity index (χ3n) is 3.32. The van der Waals surface area contributed by atoms with Crippen LogP contribution in [-0.2, 0) is 19.0 Å². The molecule has 5 nitrogen and oxygen atoms in total. The zero-order valence-corrected chi connectivity index (χ0v) is 13.2. The summed E-state index contributed by atoms with van der Waals surface area (Å²) in [5, 5.41) is 9.46. The number of aliphatic hydroxyl groups is 1. The molecule has 5 heteroatoms. The highest BCUT2D eigenvalue weighted by Crippen LogP contribution is 2.35. The number of allylic oxidation sites excluding steroid dienone is 1. The van der Waals surface area contributed by atoms with Gasteiger partial charge >= 0.3 is 5.97 Å². The van der Waals surface area contributed by atoms with Crippen LogP contribution in [0.5, 0.6) is 0 Å². The Balaban J connectivity index is 2.59. The van der Waals surface area contributed by atoms with Gasteiger partial charge in [0.1, 0.15) is 12.2 Å². The predicted molar refractivity (Wildman–Crippen MR) is 84.2 cm³/mol. The van der Waals surface area contributed by atoms with Crippen molar-refractivity contribution < 1.29 is 24.1 Å². The van der Waals surface area contributed by atoms with E-state index in [2.05, 4.69) is 13.2 Å². The van der Waals surface area contributed by atoms with Crippen molar-refractivity contribution >= 4 is 5.97 Å². The van der Waals surface area contributed by atoms with Gasteiger partial charge in [0, 0.05) is 19.3 Å². The van der Waals surface area contributed by atoms with Gasteiger partial charge in [-0.05, 0) is 13.3 Å². The molecule has 1 saturated heterocycles. The Morgan fingerprint density at radius 1 is 1.32 bits per heavy atom. The smallest absolute Gasteiger partial charge is 0.306 e. The quantitative estimate of drug-likeness (QED) is 0.496. The highest BCUT2D eigenvalue weighted by Gasteiger charge is 2.44. The van der Waals surface area contributed by atoms with Crippen LogP contribution in [0.15, 0.2) is 37.5 Å². The van der Waals surface area contributed by atoms with Crippen LogP contribution in [0.2, 0.25) is 0 Å². The molecule has 1 N–H and O–H groups in total. The van der Waals surface area contributed by atoms with Crippen molar-refractivity contribution in [1.29, 1.82) is 0 Å². The Kier molecular flexibility index (Phi) is 8.09. The van der Waals surface area contributed by atoms with Gasteiger partial charge in [0.15, 0.2) is 5.79 Å². The molecule has 0 aromatic rings. The van der Waals surface area contributed by atoms with Gasteiger partial charge in [-0.1, -0.05) is 24.3 Å². The van der Waals surface area contributed by atoms with Crippen LogP contribution in [-0.4, -0.2) is 42.3 Å². The van der Waals surface area contributed by atoms with Crippen molar-refractivity contribution in [1.82, 2.24) is 0 Å². The molecule has 1 aliphatic rings. The summed E-state index contributed by atoms with van der Waals surface area (Å²) in [6.45, 7) is 9.46. The summed E-state index contributed by atoms with van der Waals surface area (Å²) in [5.74, 6) is -1.03. The van der Waals surface area contributed by atoms with Gasteiger partial charge in [0.05, 0.1) is 13.2 Å². The molecule has 0 aromatic carbocycles. The number of ether oxygens (including phenoxy) is 3. The molecular weight excluding hydrogens is 284 g/mol. The molecule has 1 fully saturated rings. The molecule has 1 rings (SSSR count). The SMILES string of the molecule is C=CCC1(CC=C)O[C@@H](C=CCCC(=O)OCC)[C@@H](CO)O1. The van der Waals surface area contributed by atoms with Crippen LogP contribution in [0.25, 0.3) is 0 Å². The lowest BCUT2D eigenvalue weighted by molar-refractivity contribution is -0.169. The highest BCUT2D eigenvalue weighted by molar-refractivity contribution is 5.69. The molecule has 1 aliphatic heterocycles. The summed E-state index contributed by atoms with van der Waals surface area (Å²) in [4.78, 5) is 11.3. The van der Waals surface area contributed by atoms with Gasteiger partial charge < -0.3 is 19.3 Å². The molecule has 2 atom stereocenters. The summed E-state index contributed by atoms with van der Waals surface area (Å²) in [6, 6.07) is 0. The van der Waals surface area contributed by atoms with E-state index in [-0.39, 0.29) is 18.7 Å². The monoisotopic (exact) mass is 310 g/mol. The first kappa shape index (κ1) is 18.6. The van der Waals surface area contributed by atoms with Crippen molar-refractivity contribution in [2.75, 3.05) is 13.2 Å². The van der Waals surface area contributed by atoms with E-state index < -0.39 is 11.9 Å². The maximum Gasteiger partial charge on any atom is 0.306 e. The van der Waals surface area contributed by atoms with E-state index in [9.17, 15) is 9.90 Å². The van der Waals surface area contributed by atoms with Crippen LogP contribution in [0, 0.1) is 0 Å². The van der Waals surface area contributed by atoms with E-state index in [1.165, 1.54) is 0 Å². The Labute approximate surface area is 132 Å². The molecule has 0 aliphatic carbocycles. The number of rotatable bonds is 10. The first-order valence-electron chi connectivity index (χ1n) is 7.61. The molecule has 22 heavy (non-hydrogen) atoms. The Bertz CT molecular complexity index is 392. The molecule has 0 saturated carbocycles. The number of esters is 1. The topological polar surface area (TPSA) is 65.0 Å². The molecule has 124 valence electrons. The lowest BCUT2D eigenvalue weighted by Gasteiger charge is -2.25. The van der Waals surface area contributed by atoms with E-state index in [0.29, 0.717) is 32.3 Å². The summed E-state index contributed by atoms with van der Waals surface area (Å²) < 4.78 is 16.7. The minimum Gasteiger partial charge on any atom is -0.466 e. The van der Waals surface area contributed by atoms with Crippen molar-refractivity contribution in [3.63, 3.8) is 0 Å². The lowest BCUT2D eigenvalue weighted by atomic mass is 10.1. The van der Waals surface area contributed by atoms with Crippen molar-refractivity contribution in [3.05, 3.63) is 37.5 Å². The van der Waals surface area contributed by atoms with Crippen LogP contribution in [0.1, 0.15) is 32.6 Å². The van der Waals surface area contributed by atoms with Gasteiger partial charge in [-0.3, -0.25) is 4.79 Å². The number of hydrogen-bond donors (Lipinski definition) is 1. The van der Waals surface area contributed by atoms with Crippen molar-refractivity contribution in [3.8, 4) is 0 Å². The van der Waals surface area contributed by atoms with Gasteiger partial charge in [-0.15, -0.1) is 13.2 Å². The van der Waals surface area contributed by atoms with Gasteiger partial charge in [-0.25, -0.2) is 0 Å². The fraction of sp³-hybridized carbons (Fsp3) is 0.588. The first-order chi connectivity index (χ1) is 10.6. The van der Waals surface area contributed by atoms with Crippen molar-refractivity contribution in [2.24, 2.45) is 0 Å². The predicted octanol–water partition coefficient (Wildman–Crippen LogP) is 2.51. The molecule has 0 bridgehead atoms. The Hall–Kier alpha value is -1.43. The second-order valence-electron chi connectivity index (χ2n) is 5.09. The second-order valence-corrected chi connectivity index (χ2v) is 5.09. The third kappa shape index (κ3) is 5.40. The maximum atomic E-state index is 11.3. The summed E-state index contributed by atoms with van der Waals surface area (Å²) in [7, 11) is 0. The van der Waals surface area contributed by atoms with Crippen LogP contribution in [0.3, 0.4) is 0 Å². The van der Waals surface area contributed by atoms with E-state index in [0.717, 1.165) is 0 Å². The van der Waals surface area contributed by atoms with Crippen LogP contribution in [0.4, 0.5) is 0 Å². The van der Waals surface area contributed by atoms with Gasteiger partial charge in [0.25, 0.3) is 0 Å². The average molecular weight is 310 g/mol. The van der Waals surface area contributed by atoms with Crippen molar-refractivity contribution in [2.45, 2.75) is 50.6 Å². The Morgan fingerprint density at radius 2 is 2.00 bits per heavy atom. The van der Waals surface area contributed by atoms with Crippen LogP contribution >= 0.6 is 0 Å². The van der Waals surface area contributed by atoms with Gasteiger partial charge in [0.2, 0.25) is 0 Å². The molecule has 0 unspecified atom stereocenters. The Morgan fingerprint density at radius 3 is 2.55 bits per heavy atom. The number of aliphatic hydroxyl groups excluding tert-OH is 1. The van der Waals surface area contributed by atoms with E-state index in [1.54, 1.807) is 19.1 Å². The minimum absolute atomic E-state index is 0.136. The molecule has 0 aromatic heterocycles. The van der Waals surface area contributed by atoms with E-state index >= 15 is 0 Å². The summed E-state index contributed by atoms with van der Waals surface area (Å²) in [5.41, 5.74) is 0. The van der Waals surface area contributed by atoms with E-state index in [4.69, 9.17) is 14.2 Å². The van der Waals surface area contributed by atoms with E-state index in [1.807, 2.05) is 12.2 Å². The lowest BCUT2D eigenvalue weighted by Crippen LogP contribution is -2.30. The van der Waals surface area contributed by atoms with Gasteiger partial charge in [-0.2, -0.15) is 0 Å². The fourth-order valence-corrected chi connectivity index (χ4v) is 2.38. The normalized spacial score (nSPS) is 23.5. The maximum absolute atomic E-state index is 11.3. The molecule has 1 heterocycles. The number of hydrogen-bond acceptors (Lipinski definition) is 5. The van der Waals surface area contributed by atoms with Crippen LogP contribution < -0.4 is 0 Å². The average Bonchev–Trinajstić information content (AvgIpc) is 2.83. The largest absolute Gasteiger partial charge is 0.466 e. The zero-order chi connectivity index (χ0) is 16.4. The molecule has 0 radical (unpaired) electrons. The second kappa shape index (κ2) is 9.56. The highest BCUT2D eigenvalue weighted by atomic mass is 16.8. The third-order valence-corrected chi connectivity index (χ3v) is 3.32. The molecule has 0 amide bonds. The standard InChI is InChI=1S/C17H26O5/c1-4-11-17(12-5-2)21-14(15(13-18)22-17)9-7-8-10-16(19)20-6-3/h4-5,7,9,14-15,18H,1-2,6,8,10-13H2,3H3/t14-,15+/m0/s1. The first-order valence-corrected chi connectivity index (χ1v) is 7.61. The summed E-state index contributed by atoms with van der Waals surface area (Å²) >= 11 is 0. The fourth-order valence-electron chi connectivity index (χ4n) is 2.38. The zero-order valence-electron chi connectivity index (χ0n) is 13.2.